The molecular weight excluding hydrogens is 803 g/mol. The first-order valence-corrected chi connectivity index (χ1v) is 20.7. The van der Waals surface area contributed by atoms with Crippen LogP contribution >= 0.6 is 23.5 Å². The molecule has 14 nitrogen and oxygen atoms in total. The molecule has 0 bridgehead atoms. The number of benzene rings is 4. The molecule has 4 heterocycles. The highest BCUT2D eigenvalue weighted by Crippen LogP contribution is 2.32. The van der Waals surface area contributed by atoms with Gasteiger partial charge < -0.3 is 22.1 Å². The molecular formula is C42H36F2N14S2. The fourth-order valence-corrected chi connectivity index (χ4v) is 7.45. The molecule has 0 aliphatic carbocycles. The highest BCUT2D eigenvalue weighted by Gasteiger charge is 2.23. The lowest BCUT2D eigenvalue weighted by molar-refractivity contribution is 0.629. The van der Waals surface area contributed by atoms with Gasteiger partial charge in [-0.3, -0.25) is 9.13 Å². The van der Waals surface area contributed by atoms with Gasteiger partial charge in [-0.05, 0) is 87.0 Å². The van der Waals surface area contributed by atoms with E-state index in [1.54, 1.807) is 35.7 Å². The topological polar surface area (TPSA) is 211 Å². The van der Waals surface area contributed by atoms with E-state index in [1.807, 2.05) is 84.0 Å². The van der Waals surface area contributed by atoms with E-state index in [0.717, 1.165) is 32.2 Å². The van der Waals surface area contributed by atoms with Crippen LogP contribution in [-0.4, -0.2) is 51.5 Å². The van der Waals surface area contributed by atoms with Gasteiger partial charge in [-0.15, -0.1) is 23.5 Å². The maximum atomic E-state index is 13.9. The number of halogens is 2. The van der Waals surface area contributed by atoms with Crippen molar-refractivity contribution in [2.24, 2.45) is 0 Å². The predicted octanol–water partition coefficient (Wildman–Crippen LogP) is 8.61. The quantitative estimate of drug-likeness (QED) is 0.0951. The van der Waals surface area contributed by atoms with Crippen LogP contribution < -0.4 is 22.1 Å². The van der Waals surface area contributed by atoms with Crippen molar-refractivity contribution in [2.75, 3.05) is 34.6 Å². The second-order valence-corrected chi connectivity index (χ2v) is 15.0. The summed E-state index contributed by atoms with van der Waals surface area (Å²) < 4.78 is 31.7. The molecule has 0 aliphatic rings. The second kappa shape index (κ2) is 17.7. The zero-order chi connectivity index (χ0) is 42.5. The summed E-state index contributed by atoms with van der Waals surface area (Å²) in [6.45, 7) is 3.79. The van der Waals surface area contributed by atoms with Gasteiger partial charge in [0.25, 0.3) is 0 Å². The van der Waals surface area contributed by atoms with E-state index in [1.165, 1.54) is 36.9 Å². The van der Waals surface area contributed by atoms with E-state index in [0.29, 0.717) is 34.3 Å². The van der Waals surface area contributed by atoms with Crippen LogP contribution in [0.4, 0.5) is 32.1 Å². The number of rotatable bonds is 10. The van der Waals surface area contributed by atoms with Crippen LogP contribution in [0.3, 0.4) is 0 Å². The number of nitriles is 2. The number of nitrogens with zero attached hydrogens (tertiary/aromatic N) is 10. The van der Waals surface area contributed by atoms with Crippen LogP contribution in [0.15, 0.2) is 107 Å². The van der Waals surface area contributed by atoms with Crippen LogP contribution in [0.2, 0.25) is 0 Å². The van der Waals surface area contributed by atoms with Gasteiger partial charge in [0.2, 0.25) is 0 Å². The third-order valence-corrected chi connectivity index (χ3v) is 10.8. The van der Waals surface area contributed by atoms with Crippen molar-refractivity contribution in [3.63, 3.8) is 0 Å². The Hall–Kier alpha value is -7.28. The third kappa shape index (κ3) is 8.33. The molecule has 18 heteroatoms. The maximum absolute atomic E-state index is 13.9. The molecule has 300 valence electrons. The maximum Gasteiger partial charge on any atom is 0.150 e. The second-order valence-electron chi connectivity index (χ2n) is 13.2. The molecule has 8 aromatic rings. The van der Waals surface area contributed by atoms with Crippen molar-refractivity contribution in [3.05, 3.63) is 132 Å². The monoisotopic (exact) mass is 838 g/mol. The molecule has 0 unspecified atom stereocenters. The Morgan fingerprint density at radius 2 is 1.03 bits per heavy atom. The van der Waals surface area contributed by atoms with Crippen LogP contribution in [0, 0.1) is 34.3 Å². The van der Waals surface area contributed by atoms with Gasteiger partial charge >= 0.3 is 0 Å². The molecule has 4 aromatic carbocycles. The van der Waals surface area contributed by atoms with Crippen molar-refractivity contribution >= 4 is 68.9 Å². The average molecular weight is 839 g/mol. The normalized spacial score (nSPS) is 11.9. The van der Waals surface area contributed by atoms with Crippen molar-refractivity contribution < 1.29 is 8.78 Å². The van der Waals surface area contributed by atoms with Crippen LogP contribution in [0.1, 0.15) is 48.7 Å². The van der Waals surface area contributed by atoms with Gasteiger partial charge in [-0.2, -0.15) is 10.5 Å². The summed E-state index contributed by atoms with van der Waals surface area (Å²) in [4.78, 5) is 27.6. The zero-order valence-electron chi connectivity index (χ0n) is 32.6. The van der Waals surface area contributed by atoms with Gasteiger partial charge in [-0.1, -0.05) is 12.1 Å². The standard InChI is InChI=1S/2C21H18FN7S/c2*1-12(27-20-16(10-23)19(24)25-11-26-20)21-28-17-8-13(22)6-7-18(17)29(21)14-4-3-5-15(9-14)30-2/h2*3-9,11-12H,1-2H3,(H3,24,25,26,27)/t2*12-/m10/s1. The highest BCUT2D eigenvalue weighted by atomic mass is 32.2. The van der Waals surface area contributed by atoms with Gasteiger partial charge in [-0.25, -0.2) is 38.7 Å². The third-order valence-electron chi connectivity index (χ3n) is 9.37. The van der Waals surface area contributed by atoms with Crippen molar-refractivity contribution in [1.82, 2.24) is 39.0 Å². The molecule has 0 radical (unpaired) electrons. The number of fused-ring (bicyclic) bond motifs is 2. The largest absolute Gasteiger partial charge is 0.382 e. The predicted molar refractivity (Wildman–Crippen MR) is 232 cm³/mol. The summed E-state index contributed by atoms with van der Waals surface area (Å²) in [5, 5.41) is 25.2. The SMILES string of the molecule is CSc1cccc(-n2c([C@@H](C)Nc3ncnc(N)c3C#N)nc3cc(F)ccc32)c1.CSc1cccc(-n2c([C@H](C)Nc3ncnc(N)c3C#N)nc3cc(F)ccc32)c1. The molecule has 8 rings (SSSR count). The first kappa shape index (κ1) is 40.9. The molecule has 0 spiro atoms. The molecule has 0 saturated heterocycles. The number of aromatic nitrogens is 8. The minimum absolute atomic E-state index is 0.102. The zero-order valence-corrected chi connectivity index (χ0v) is 34.2. The Labute approximate surface area is 351 Å². The summed E-state index contributed by atoms with van der Waals surface area (Å²) in [5.74, 6) is 1.43. The summed E-state index contributed by atoms with van der Waals surface area (Å²) in [7, 11) is 0. The Bertz CT molecular complexity index is 2760. The first-order valence-electron chi connectivity index (χ1n) is 18.2. The lowest BCUT2D eigenvalue weighted by Crippen LogP contribution is -2.15. The number of anilines is 4. The van der Waals surface area contributed by atoms with Crippen LogP contribution in [0.25, 0.3) is 33.4 Å². The molecule has 0 amide bonds. The van der Waals surface area contributed by atoms with Crippen molar-refractivity contribution in [1.29, 1.82) is 10.5 Å². The fourth-order valence-electron chi connectivity index (χ4n) is 6.54. The van der Waals surface area contributed by atoms with E-state index in [-0.39, 0.29) is 46.5 Å². The summed E-state index contributed by atoms with van der Waals surface area (Å²) in [5.41, 5.74) is 16.4. The lowest BCUT2D eigenvalue weighted by Gasteiger charge is -2.18. The number of imidazole rings is 2. The first-order chi connectivity index (χ1) is 29.0. The van der Waals surface area contributed by atoms with E-state index in [9.17, 15) is 19.3 Å². The fraction of sp³-hybridized carbons (Fsp3) is 0.143. The smallest absolute Gasteiger partial charge is 0.150 e. The van der Waals surface area contributed by atoms with E-state index < -0.39 is 0 Å². The number of nitrogen functional groups attached to an aromatic ring is 2. The molecule has 0 aliphatic heterocycles. The molecule has 4 aromatic heterocycles. The Morgan fingerprint density at radius 1 is 0.617 bits per heavy atom. The molecule has 0 saturated carbocycles. The Morgan fingerprint density at radius 3 is 1.42 bits per heavy atom. The molecule has 6 N–H and O–H groups in total. The summed E-state index contributed by atoms with van der Waals surface area (Å²) >= 11 is 3.27. The van der Waals surface area contributed by atoms with Crippen molar-refractivity contribution in [2.45, 2.75) is 35.7 Å². The average Bonchev–Trinajstić information content (AvgIpc) is 3.83. The van der Waals surface area contributed by atoms with Crippen molar-refractivity contribution in [3.8, 4) is 23.5 Å². The van der Waals surface area contributed by atoms with E-state index in [4.69, 9.17) is 11.5 Å². The minimum atomic E-state index is -0.361. The number of nitrogens with one attached hydrogen (secondary N) is 2. The molecule has 2 atom stereocenters. The van der Waals surface area contributed by atoms with Gasteiger partial charge in [0.05, 0.1) is 34.2 Å². The highest BCUT2D eigenvalue weighted by molar-refractivity contribution is 7.98. The number of thioether (sulfide) groups is 2. The molecule has 60 heavy (non-hydrogen) atoms. The number of hydrogen-bond acceptors (Lipinski definition) is 14. The lowest BCUT2D eigenvalue weighted by atomic mass is 10.2. The number of hydrogen-bond donors (Lipinski definition) is 4. The van der Waals surface area contributed by atoms with Gasteiger partial charge in [0.15, 0.2) is 0 Å². The van der Waals surface area contributed by atoms with E-state index in [2.05, 4.69) is 52.7 Å². The Balaban J connectivity index is 0.000000181. The minimum Gasteiger partial charge on any atom is -0.382 e. The molecule has 0 fully saturated rings. The van der Waals surface area contributed by atoms with Gasteiger partial charge in [0.1, 0.15) is 82.5 Å². The Kier molecular flexibility index (Phi) is 12.1. The summed E-state index contributed by atoms with van der Waals surface area (Å²) in [6.07, 6.45) is 6.61. The van der Waals surface area contributed by atoms with Crippen LogP contribution in [-0.2, 0) is 0 Å². The van der Waals surface area contributed by atoms with Gasteiger partial charge in [0, 0.05) is 33.3 Å². The van der Waals surface area contributed by atoms with Crippen LogP contribution in [0.5, 0.6) is 0 Å². The van der Waals surface area contributed by atoms with E-state index >= 15 is 0 Å². The summed E-state index contributed by atoms with van der Waals surface area (Å²) in [6, 6.07) is 28.4. The number of nitrogens with two attached hydrogens (primary N) is 2.